The number of carbonyl (C=O) groups is 1. The molecule has 8 heteroatoms. The molecule has 0 bridgehead atoms. The van der Waals surface area contributed by atoms with Gasteiger partial charge in [0.25, 0.3) is 0 Å². The van der Waals surface area contributed by atoms with Crippen molar-refractivity contribution in [2.75, 3.05) is 26.0 Å². The van der Waals surface area contributed by atoms with Gasteiger partial charge in [-0.3, -0.25) is 4.79 Å². The van der Waals surface area contributed by atoms with Crippen molar-refractivity contribution < 1.29 is 17.9 Å². The molecule has 0 aromatic heterocycles. The van der Waals surface area contributed by atoms with Crippen LogP contribution in [0.4, 0.5) is 0 Å². The minimum Gasteiger partial charge on any atom is -0.493 e. The molecule has 1 aromatic rings. The van der Waals surface area contributed by atoms with E-state index in [9.17, 15) is 13.2 Å². The fourth-order valence-corrected chi connectivity index (χ4v) is 4.30. The molecule has 1 aliphatic rings. The maximum Gasteiger partial charge on any atom is 0.241 e. The Labute approximate surface area is 162 Å². The first-order valence-corrected chi connectivity index (χ1v) is 10.5. The molecule has 0 radical (unpaired) electrons. The molecule has 26 heavy (non-hydrogen) atoms. The first-order chi connectivity index (χ1) is 11.7. The van der Waals surface area contributed by atoms with Crippen LogP contribution in [0.15, 0.2) is 24.3 Å². The zero-order valence-electron chi connectivity index (χ0n) is 15.6. The van der Waals surface area contributed by atoms with E-state index >= 15 is 0 Å². The molecule has 6 nitrogen and oxygen atoms in total. The van der Waals surface area contributed by atoms with Gasteiger partial charge in [0, 0.05) is 12.8 Å². The largest absolute Gasteiger partial charge is 0.493 e. The highest BCUT2D eigenvalue weighted by atomic mass is 35.5. The molecule has 2 rings (SSSR count). The van der Waals surface area contributed by atoms with Crippen LogP contribution in [0.25, 0.3) is 0 Å². The van der Waals surface area contributed by atoms with E-state index < -0.39 is 20.5 Å². The van der Waals surface area contributed by atoms with Gasteiger partial charge in [-0.2, -0.15) is 0 Å². The van der Waals surface area contributed by atoms with Gasteiger partial charge < -0.3 is 15.4 Å². The van der Waals surface area contributed by atoms with Crippen molar-refractivity contribution in [3.8, 4) is 5.75 Å². The maximum atomic E-state index is 12.7. The minimum absolute atomic E-state index is 0. The number of piperidine rings is 1. The molecular formula is C18H29ClN2O4S. The monoisotopic (exact) mass is 404 g/mol. The molecule has 0 unspecified atom stereocenters. The fourth-order valence-electron chi connectivity index (χ4n) is 2.95. The van der Waals surface area contributed by atoms with Crippen LogP contribution in [-0.2, 0) is 21.2 Å². The Morgan fingerprint density at radius 2 is 1.96 bits per heavy atom. The van der Waals surface area contributed by atoms with Crippen LogP contribution in [0.3, 0.4) is 0 Å². The van der Waals surface area contributed by atoms with Crippen molar-refractivity contribution >= 4 is 28.2 Å². The third-order valence-corrected chi connectivity index (χ3v) is 6.48. The highest BCUT2D eigenvalue weighted by molar-refractivity contribution is 7.92. The number of carbonyl (C=O) groups excluding carboxylic acids is 1. The Hall–Kier alpha value is -1.31. The van der Waals surface area contributed by atoms with E-state index in [-0.39, 0.29) is 19.0 Å². The number of hydrogen-bond donors (Lipinski definition) is 2. The predicted molar refractivity (Wildman–Crippen MR) is 106 cm³/mol. The van der Waals surface area contributed by atoms with Crippen LogP contribution < -0.4 is 15.4 Å². The van der Waals surface area contributed by atoms with E-state index in [4.69, 9.17) is 4.74 Å². The molecule has 0 atom stereocenters. The molecule has 1 amide bonds. The quantitative estimate of drug-likeness (QED) is 0.725. The third kappa shape index (κ3) is 5.59. The summed E-state index contributed by atoms with van der Waals surface area (Å²) in [6.45, 7) is 6.11. The van der Waals surface area contributed by atoms with Crippen LogP contribution in [0.5, 0.6) is 5.75 Å². The average molecular weight is 405 g/mol. The minimum atomic E-state index is -3.49. The summed E-state index contributed by atoms with van der Waals surface area (Å²) in [4.78, 5) is 12.7. The van der Waals surface area contributed by atoms with Crippen LogP contribution >= 0.6 is 12.4 Å². The number of ether oxygens (including phenoxy) is 1. The second kappa shape index (κ2) is 9.58. The molecule has 1 heterocycles. The van der Waals surface area contributed by atoms with E-state index in [2.05, 4.69) is 24.5 Å². The smallest absolute Gasteiger partial charge is 0.241 e. The lowest BCUT2D eigenvalue weighted by Crippen LogP contribution is -2.57. The molecule has 148 valence electrons. The fraction of sp³-hybridized carbons (Fsp3) is 0.611. The van der Waals surface area contributed by atoms with E-state index in [1.807, 2.05) is 24.3 Å². The zero-order valence-corrected chi connectivity index (χ0v) is 17.2. The van der Waals surface area contributed by atoms with Gasteiger partial charge in [0.2, 0.25) is 5.91 Å². The molecule has 0 spiro atoms. The lowest BCUT2D eigenvalue weighted by atomic mass is 9.95. The number of sulfone groups is 1. The summed E-state index contributed by atoms with van der Waals surface area (Å²) >= 11 is 0. The van der Waals surface area contributed by atoms with Gasteiger partial charge in [0.1, 0.15) is 5.75 Å². The van der Waals surface area contributed by atoms with E-state index in [0.29, 0.717) is 38.5 Å². The summed E-state index contributed by atoms with van der Waals surface area (Å²) in [6.07, 6.45) is 1.75. The molecular weight excluding hydrogens is 376 g/mol. The van der Waals surface area contributed by atoms with Gasteiger partial charge in [-0.05, 0) is 49.5 Å². The molecule has 1 saturated heterocycles. The van der Waals surface area contributed by atoms with Gasteiger partial charge in [0.05, 0.1) is 6.61 Å². The number of benzene rings is 1. The number of rotatable bonds is 7. The topological polar surface area (TPSA) is 84.5 Å². The van der Waals surface area contributed by atoms with Crippen molar-refractivity contribution in [3.05, 3.63) is 29.8 Å². The molecule has 1 aromatic carbocycles. The average Bonchev–Trinajstić information content (AvgIpc) is 2.58. The molecule has 0 saturated carbocycles. The zero-order chi connectivity index (χ0) is 18.5. The van der Waals surface area contributed by atoms with E-state index in [1.165, 1.54) is 0 Å². The van der Waals surface area contributed by atoms with Crippen LogP contribution in [-0.4, -0.2) is 45.0 Å². The number of nitrogens with one attached hydrogen (secondary N) is 2. The number of hydrogen-bond acceptors (Lipinski definition) is 5. The van der Waals surface area contributed by atoms with E-state index in [0.717, 1.165) is 17.6 Å². The van der Waals surface area contributed by atoms with E-state index in [1.54, 1.807) is 0 Å². The van der Waals surface area contributed by atoms with Gasteiger partial charge in [-0.1, -0.05) is 26.0 Å². The SMILES string of the molecule is CC(C)COc1cccc(CNC(=O)C2(S(C)(=O)=O)CCNCC2)c1.Cl. The summed E-state index contributed by atoms with van der Waals surface area (Å²) in [5.41, 5.74) is 0.882. The Morgan fingerprint density at radius 3 is 2.54 bits per heavy atom. The van der Waals surface area contributed by atoms with Crippen molar-refractivity contribution in [1.29, 1.82) is 0 Å². The molecule has 1 fully saturated rings. The highest BCUT2D eigenvalue weighted by Gasteiger charge is 2.48. The van der Waals surface area contributed by atoms with Crippen molar-refractivity contribution in [2.24, 2.45) is 5.92 Å². The highest BCUT2D eigenvalue weighted by Crippen LogP contribution is 2.28. The van der Waals surface area contributed by atoms with Crippen LogP contribution in [0, 0.1) is 5.92 Å². The Bertz CT molecular complexity index is 701. The summed E-state index contributed by atoms with van der Waals surface area (Å²) in [7, 11) is -3.49. The number of amides is 1. The van der Waals surface area contributed by atoms with Gasteiger partial charge in [-0.15, -0.1) is 12.4 Å². The van der Waals surface area contributed by atoms with Crippen LogP contribution in [0.2, 0.25) is 0 Å². The third-order valence-electron chi connectivity index (χ3n) is 4.47. The van der Waals surface area contributed by atoms with Crippen LogP contribution in [0.1, 0.15) is 32.3 Å². The van der Waals surface area contributed by atoms with Crippen molar-refractivity contribution in [3.63, 3.8) is 0 Å². The summed E-state index contributed by atoms with van der Waals surface area (Å²) < 4.78 is 28.9. The summed E-state index contributed by atoms with van der Waals surface area (Å²) in [6, 6.07) is 7.50. The lowest BCUT2D eigenvalue weighted by molar-refractivity contribution is -0.124. The maximum absolute atomic E-state index is 12.7. The second-order valence-corrected chi connectivity index (χ2v) is 9.38. The number of halogens is 1. The summed E-state index contributed by atoms with van der Waals surface area (Å²) in [5, 5.41) is 5.92. The lowest BCUT2D eigenvalue weighted by Gasteiger charge is -2.34. The first kappa shape index (κ1) is 22.7. The first-order valence-electron chi connectivity index (χ1n) is 8.65. The molecule has 1 aliphatic heterocycles. The standard InChI is InChI=1S/C18H28N2O4S.ClH/c1-14(2)13-24-16-6-4-5-15(11-16)12-20-17(21)18(25(3,22)23)7-9-19-10-8-18;/h4-6,11,14,19H,7-10,12-13H2,1-3H3,(H,20,21);1H. The Morgan fingerprint density at radius 1 is 1.31 bits per heavy atom. The summed E-state index contributed by atoms with van der Waals surface area (Å²) in [5.74, 6) is 0.767. The van der Waals surface area contributed by atoms with Gasteiger partial charge in [0.15, 0.2) is 14.6 Å². The van der Waals surface area contributed by atoms with Gasteiger partial charge >= 0.3 is 0 Å². The molecule has 0 aliphatic carbocycles. The van der Waals surface area contributed by atoms with Crippen molar-refractivity contribution in [1.82, 2.24) is 10.6 Å². The predicted octanol–water partition coefficient (Wildman–Crippen LogP) is 1.93. The second-order valence-electron chi connectivity index (χ2n) is 7.05. The normalized spacial score (nSPS) is 16.6. The Kier molecular flexibility index (Phi) is 8.37. The van der Waals surface area contributed by atoms with Gasteiger partial charge in [-0.25, -0.2) is 8.42 Å². The van der Waals surface area contributed by atoms with Crippen molar-refractivity contribution in [2.45, 2.75) is 38.0 Å². The molecule has 2 N–H and O–H groups in total. The Balaban J connectivity index is 0.00000338.